The van der Waals surface area contributed by atoms with Crippen molar-refractivity contribution in [2.45, 2.75) is 26.4 Å². The van der Waals surface area contributed by atoms with Gasteiger partial charge in [0.2, 0.25) is 11.8 Å². The molecule has 0 saturated carbocycles. The minimum absolute atomic E-state index is 0.348. The molecule has 0 heterocycles. The molecule has 0 aromatic heterocycles. The molecule has 1 unspecified atom stereocenters. The first-order valence-electron chi connectivity index (χ1n) is 5.74. The highest BCUT2D eigenvalue weighted by Crippen LogP contribution is 2.02. The molecule has 1 rings (SSSR count). The maximum Gasteiger partial charge on any atom is 0.245 e. The van der Waals surface area contributed by atoms with Crippen LogP contribution in [0.3, 0.4) is 0 Å². The molecule has 0 saturated heterocycles. The average Bonchev–Trinajstić information content (AvgIpc) is 2.34. The molecule has 0 spiro atoms. The van der Waals surface area contributed by atoms with Crippen LogP contribution >= 0.6 is 0 Å². The first-order chi connectivity index (χ1) is 8.52. The van der Waals surface area contributed by atoms with Crippen LogP contribution in [-0.4, -0.2) is 29.6 Å². The van der Waals surface area contributed by atoms with Gasteiger partial charge in [0.25, 0.3) is 0 Å². The second-order valence-corrected chi connectivity index (χ2v) is 4.14. The van der Waals surface area contributed by atoms with Crippen LogP contribution in [0, 0.1) is 6.92 Å². The quantitative estimate of drug-likeness (QED) is 0.694. The number of aryl methyl sites for hydroxylation is 1. The van der Waals surface area contributed by atoms with Gasteiger partial charge in [-0.05, 0) is 12.5 Å². The van der Waals surface area contributed by atoms with E-state index in [2.05, 4.69) is 10.6 Å². The van der Waals surface area contributed by atoms with Gasteiger partial charge in [-0.3, -0.25) is 9.59 Å². The van der Waals surface area contributed by atoms with Crippen molar-refractivity contribution >= 4 is 11.8 Å². The number of nitrogens with one attached hydrogen (secondary N) is 2. The smallest absolute Gasteiger partial charge is 0.245 e. The van der Waals surface area contributed by atoms with Crippen LogP contribution < -0.4 is 10.6 Å². The largest absolute Gasteiger partial charge is 0.394 e. The van der Waals surface area contributed by atoms with Crippen LogP contribution in [0.15, 0.2) is 24.3 Å². The highest BCUT2D eigenvalue weighted by Gasteiger charge is 2.17. The molecule has 0 radical (unpaired) electrons. The SMILES string of the molecule is CC(=O)NC(CO)C(=O)NCc1ccc(C)cc1. The number of carbonyl (C=O) groups excluding carboxylic acids is 2. The fraction of sp³-hybridized carbons (Fsp3) is 0.385. The molecule has 5 nitrogen and oxygen atoms in total. The average molecular weight is 250 g/mol. The lowest BCUT2D eigenvalue weighted by molar-refractivity contribution is -0.129. The van der Waals surface area contributed by atoms with Crippen LogP contribution in [0.1, 0.15) is 18.1 Å². The van der Waals surface area contributed by atoms with Crippen molar-refractivity contribution in [3.63, 3.8) is 0 Å². The monoisotopic (exact) mass is 250 g/mol. The number of carbonyl (C=O) groups is 2. The van der Waals surface area contributed by atoms with Gasteiger partial charge in [0.05, 0.1) is 6.61 Å². The molecule has 2 amide bonds. The first kappa shape index (κ1) is 14.2. The highest BCUT2D eigenvalue weighted by atomic mass is 16.3. The number of aliphatic hydroxyl groups excluding tert-OH is 1. The summed E-state index contributed by atoms with van der Waals surface area (Å²) in [5.74, 6) is -0.743. The first-order valence-corrected chi connectivity index (χ1v) is 5.74. The normalized spacial score (nSPS) is 11.7. The Kier molecular flexibility index (Phi) is 5.32. The molecule has 0 aliphatic heterocycles. The molecule has 0 bridgehead atoms. The Morgan fingerprint density at radius 2 is 1.89 bits per heavy atom. The van der Waals surface area contributed by atoms with Crippen LogP contribution in [0.25, 0.3) is 0 Å². The highest BCUT2D eigenvalue weighted by molar-refractivity contribution is 5.86. The molecule has 18 heavy (non-hydrogen) atoms. The Morgan fingerprint density at radius 1 is 1.28 bits per heavy atom. The molecular formula is C13H18N2O3. The molecule has 1 atom stereocenters. The Labute approximate surface area is 106 Å². The lowest BCUT2D eigenvalue weighted by atomic mass is 10.1. The van der Waals surface area contributed by atoms with E-state index in [1.807, 2.05) is 31.2 Å². The van der Waals surface area contributed by atoms with E-state index in [0.717, 1.165) is 11.1 Å². The van der Waals surface area contributed by atoms with Gasteiger partial charge in [0.1, 0.15) is 6.04 Å². The van der Waals surface area contributed by atoms with Crippen molar-refractivity contribution in [3.8, 4) is 0 Å². The van der Waals surface area contributed by atoms with E-state index < -0.39 is 18.6 Å². The predicted molar refractivity (Wildman–Crippen MR) is 67.7 cm³/mol. The maximum atomic E-state index is 11.7. The van der Waals surface area contributed by atoms with E-state index >= 15 is 0 Å². The van der Waals surface area contributed by atoms with Crippen molar-refractivity contribution in [2.24, 2.45) is 0 Å². The number of hydrogen-bond donors (Lipinski definition) is 3. The Balaban J connectivity index is 2.49. The van der Waals surface area contributed by atoms with Crippen LogP contribution in [-0.2, 0) is 16.1 Å². The lowest BCUT2D eigenvalue weighted by Gasteiger charge is -2.15. The number of benzene rings is 1. The summed E-state index contributed by atoms with van der Waals surface area (Å²) in [5.41, 5.74) is 2.12. The Bertz CT molecular complexity index is 415. The zero-order valence-corrected chi connectivity index (χ0v) is 10.6. The fourth-order valence-electron chi connectivity index (χ4n) is 1.46. The third kappa shape index (κ3) is 4.55. The van der Waals surface area contributed by atoms with Gasteiger partial charge in [-0.1, -0.05) is 29.8 Å². The number of rotatable bonds is 5. The van der Waals surface area contributed by atoms with Gasteiger partial charge in [-0.2, -0.15) is 0 Å². The summed E-state index contributed by atoms with van der Waals surface area (Å²) in [6.07, 6.45) is 0. The molecule has 3 N–H and O–H groups in total. The van der Waals surface area contributed by atoms with E-state index in [0.29, 0.717) is 6.54 Å². The van der Waals surface area contributed by atoms with Gasteiger partial charge in [0.15, 0.2) is 0 Å². The zero-order chi connectivity index (χ0) is 13.5. The summed E-state index contributed by atoms with van der Waals surface area (Å²) in [6, 6.07) is 6.86. The molecular weight excluding hydrogens is 232 g/mol. The third-order valence-corrected chi connectivity index (χ3v) is 2.46. The summed E-state index contributed by atoms with van der Waals surface area (Å²) in [6.45, 7) is 3.24. The Morgan fingerprint density at radius 3 is 2.39 bits per heavy atom. The second-order valence-electron chi connectivity index (χ2n) is 4.14. The standard InChI is InChI=1S/C13H18N2O3/c1-9-3-5-11(6-4-9)7-14-13(18)12(8-16)15-10(2)17/h3-6,12,16H,7-8H2,1-2H3,(H,14,18)(H,15,17). The number of amides is 2. The molecule has 5 heteroatoms. The number of aliphatic hydroxyl groups is 1. The van der Waals surface area contributed by atoms with E-state index in [1.165, 1.54) is 6.92 Å². The fourth-order valence-corrected chi connectivity index (χ4v) is 1.46. The third-order valence-electron chi connectivity index (χ3n) is 2.46. The minimum Gasteiger partial charge on any atom is -0.394 e. The minimum atomic E-state index is -0.895. The van der Waals surface area contributed by atoms with Crippen LogP contribution in [0.5, 0.6) is 0 Å². The summed E-state index contributed by atoms with van der Waals surface area (Å²) in [4.78, 5) is 22.5. The van der Waals surface area contributed by atoms with Crippen molar-refractivity contribution < 1.29 is 14.7 Å². The summed E-state index contributed by atoms with van der Waals surface area (Å²) >= 11 is 0. The summed E-state index contributed by atoms with van der Waals surface area (Å²) < 4.78 is 0. The van der Waals surface area contributed by atoms with Gasteiger partial charge < -0.3 is 15.7 Å². The van der Waals surface area contributed by atoms with Gasteiger partial charge >= 0.3 is 0 Å². The van der Waals surface area contributed by atoms with Crippen molar-refractivity contribution in [1.82, 2.24) is 10.6 Å². The molecule has 0 fully saturated rings. The maximum absolute atomic E-state index is 11.7. The Hall–Kier alpha value is -1.88. The molecule has 1 aromatic rings. The van der Waals surface area contributed by atoms with E-state index in [-0.39, 0.29) is 5.91 Å². The van der Waals surface area contributed by atoms with Gasteiger partial charge in [-0.15, -0.1) is 0 Å². The topological polar surface area (TPSA) is 78.4 Å². The van der Waals surface area contributed by atoms with Crippen molar-refractivity contribution in [2.75, 3.05) is 6.61 Å². The number of hydrogen-bond acceptors (Lipinski definition) is 3. The molecule has 0 aliphatic carbocycles. The molecule has 98 valence electrons. The second kappa shape index (κ2) is 6.76. The zero-order valence-electron chi connectivity index (χ0n) is 10.6. The predicted octanol–water partition coefficient (Wildman–Crippen LogP) is 0.108. The summed E-state index contributed by atoms with van der Waals surface area (Å²) in [7, 11) is 0. The van der Waals surface area contributed by atoms with Gasteiger partial charge in [-0.25, -0.2) is 0 Å². The summed E-state index contributed by atoms with van der Waals surface area (Å²) in [5, 5.41) is 14.0. The molecule has 1 aromatic carbocycles. The van der Waals surface area contributed by atoms with Gasteiger partial charge in [0, 0.05) is 13.5 Å². The van der Waals surface area contributed by atoms with Crippen LogP contribution in [0.2, 0.25) is 0 Å². The van der Waals surface area contributed by atoms with Crippen molar-refractivity contribution in [1.29, 1.82) is 0 Å². The van der Waals surface area contributed by atoms with Crippen molar-refractivity contribution in [3.05, 3.63) is 35.4 Å². The van der Waals surface area contributed by atoms with E-state index in [4.69, 9.17) is 5.11 Å². The van der Waals surface area contributed by atoms with Crippen LogP contribution in [0.4, 0.5) is 0 Å². The van der Waals surface area contributed by atoms with E-state index in [1.54, 1.807) is 0 Å². The van der Waals surface area contributed by atoms with E-state index in [9.17, 15) is 9.59 Å². The lowest BCUT2D eigenvalue weighted by Crippen LogP contribution is -2.48. The molecule has 0 aliphatic rings.